The zero-order valence-corrected chi connectivity index (χ0v) is 17.5. The summed E-state index contributed by atoms with van der Waals surface area (Å²) < 4.78 is 1.98. The van der Waals surface area contributed by atoms with Crippen LogP contribution >= 0.6 is 0 Å². The quantitative estimate of drug-likeness (QED) is 0.468. The monoisotopic (exact) mass is 412 g/mol. The molecule has 1 aliphatic rings. The molecule has 1 aliphatic carbocycles. The molecule has 1 unspecified atom stereocenters. The zero-order chi connectivity index (χ0) is 21.7. The van der Waals surface area contributed by atoms with E-state index in [1.165, 1.54) is 0 Å². The maximum Gasteiger partial charge on any atom is 0.336 e. The van der Waals surface area contributed by atoms with Crippen LogP contribution in [0, 0.1) is 13.8 Å². The van der Waals surface area contributed by atoms with Gasteiger partial charge in [0, 0.05) is 12.1 Å². The van der Waals surface area contributed by atoms with Gasteiger partial charge < -0.3 is 14.6 Å². The smallest absolute Gasteiger partial charge is 0.336 e. The molecule has 0 aliphatic heterocycles. The van der Waals surface area contributed by atoms with Gasteiger partial charge in [-0.3, -0.25) is 0 Å². The number of aromatic nitrogens is 2. The molecule has 5 rings (SSSR count). The van der Waals surface area contributed by atoms with Crippen molar-refractivity contribution in [2.75, 3.05) is 0 Å². The van der Waals surface area contributed by atoms with E-state index in [4.69, 9.17) is 4.98 Å². The fourth-order valence-electron chi connectivity index (χ4n) is 4.37. The highest BCUT2D eigenvalue weighted by molar-refractivity contribution is 5.96. The lowest BCUT2D eigenvalue weighted by atomic mass is 9.94. The largest absolute Gasteiger partial charge is 0.478 e. The van der Waals surface area contributed by atoms with Crippen LogP contribution in [0.5, 0.6) is 0 Å². The van der Waals surface area contributed by atoms with Crippen LogP contribution in [0.1, 0.15) is 63.3 Å². The number of pyridine rings is 1. The molecule has 1 atom stereocenters. The van der Waals surface area contributed by atoms with E-state index in [2.05, 4.69) is 0 Å². The standard InChI is InChI=1S/C26H24N2O3/c1-15-12-16(2)25-27-22(18-8-9-18)14-28(25)23(15)24(29)19-10-11-20(21(13-19)26(30)31)17-6-4-3-5-7-17/h3-7,10-14,18,24,29H,8-9H2,1-2H3,(H,30,31). The highest BCUT2D eigenvalue weighted by Gasteiger charge is 2.28. The van der Waals surface area contributed by atoms with Gasteiger partial charge in [0.25, 0.3) is 0 Å². The summed E-state index contributed by atoms with van der Waals surface area (Å²) in [6.45, 7) is 4.00. The van der Waals surface area contributed by atoms with Gasteiger partial charge in [-0.05, 0) is 60.6 Å². The molecule has 1 fully saturated rings. The molecule has 5 heteroatoms. The number of fused-ring (bicyclic) bond motifs is 1. The number of aliphatic hydroxyl groups excluding tert-OH is 1. The van der Waals surface area contributed by atoms with Crippen molar-refractivity contribution >= 4 is 11.6 Å². The summed E-state index contributed by atoms with van der Waals surface area (Å²) in [6, 6.07) is 16.6. The van der Waals surface area contributed by atoms with Crippen molar-refractivity contribution < 1.29 is 15.0 Å². The Balaban J connectivity index is 1.64. The number of carboxylic acids is 1. The Kier molecular flexibility index (Phi) is 4.63. The lowest BCUT2D eigenvalue weighted by molar-refractivity contribution is 0.0697. The number of imidazole rings is 1. The van der Waals surface area contributed by atoms with Gasteiger partial charge in [0.15, 0.2) is 0 Å². The molecular formula is C26H24N2O3. The molecule has 0 bridgehead atoms. The van der Waals surface area contributed by atoms with Gasteiger partial charge >= 0.3 is 5.97 Å². The van der Waals surface area contributed by atoms with Gasteiger partial charge in [-0.2, -0.15) is 0 Å². The van der Waals surface area contributed by atoms with E-state index in [9.17, 15) is 15.0 Å². The Labute approximate surface area is 180 Å². The molecule has 0 saturated heterocycles. The summed E-state index contributed by atoms with van der Waals surface area (Å²) in [7, 11) is 0. The Morgan fingerprint density at radius 2 is 1.81 bits per heavy atom. The topological polar surface area (TPSA) is 74.8 Å². The maximum atomic E-state index is 12.0. The van der Waals surface area contributed by atoms with E-state index in [1.54, 1.807) is 12.1 Å². The second-order valence-corrected chi connectivity index (χ2v) is 8.41. The van der Waals surface area contributed by atoms with E-state index < -0.39 is 12.1 Å². The fraction of sp³-hybridized carbons (Fsp3) is 0.231. The maximum absolute atomic E-state index is 12.0. The van der Waals surface area contributed by atoms with Crippen molar-refractivity contribution in [1.29, 1.82) is 0 Å². The van der Waals surface area contributed by atoms with Crippen LogP contribution in [0.15, 0.2) is 60.8 Å². The number of carbonyl (C=O) groups is 1. The molecule has 156 valence electrons. The van der Waals surface area contributed by atoms with Crippen molar-refractivity contribution in [1.82, 2.24) is 9.38 Å². The van der Waals surface area contributed by atoms with Gasteiger partial charge in [0.1, 0.15) is 11.8 Å². The molecule has 4 aromatic rings. The van der Waals surface area contributed by atoms with Crippen LogP contribution in [-0.4, -0.2) is 25.6 Å². The zero-order valence-electron chi connectivity index (χ0n) is 17.5. The number of hydrogen-bond donors (Lipinski definition) is 2. The molecule has 31 heavy (non-hydrogen) atoms. The Hall–Kier alpha value is -3.44. The van der Waals surface area contributed by atoms with Crippen molar-refractivity contribution in [3.05, 3.63) is 94.4 Å². The number of aromatic carboxylic acids is 1. The van der Waals surface area contributed by atoms with Crippen molar-refractivity contribution in [3.63, 3.8) is 0 Å². The number of hydrogen-bond acceptors (Lipinski definition) is 3. The van der Waals surface area contributed by atoms with Crippen LogP contribution in [0.4, 0.5) is 0 Å². The van der Waals surface area contributed by atoms with E-state index in [0.717, 1.165) is 46.6 Å². The summed E-state index contributed by atoms with van der Waals surface area (Å²) >= 11 is 0. The Morgan fingerprint density at radius 3 is 2.48 bits per heavy atom. The number of aryl methyl sites for hydroxylation is 2. The van der Waals surface area contributed by atoms with E-state index >= 15 is 0 Å². The molecule has 0 radical (unpaired) electrons. The molecule has 5 nitrogen and oxygen atoms in total. The van der Waals surface area contributed by atoms with Gasteiger partial charge in [0.05, 0.1) is 17.0 Å². The second-order valence-electron chi connectivity index (χ2n) is 8.41. The summed E-state index contributed by atoms with van der Waals surface area (Å²) in [4.78, 5) is 16.8. The average molecular weight is 412 g/mol. The summed E-state index contributed by atoms with van der Waals surface area (Å²) in [5, 5.41) is 21.2. The Bertz CT molecular complexity index is 1300. The number of benzene rings is 2. The van der Waals surface area contributed by atoms with E-state index in [-0.39, 0.29) is 5.56 Å². The first kappa shape index (κ1) is 19.5. The highest BCUT2D eigenvalue weighted by atomic mass is 16.4. The van der Waals surface area contributed by atoms with Crippen molar-refractivity contribution in [3.8, 4) is 11.1 Å². The summed E-state index contributed by atoms with van der Waals surface area (Å²) in [5.41, 5.74) is 6.83. The number of nitrogens with zero attached hydrogens (tertiary/aromatic N) is 2. The van der Waals surface area contributed by atoms with E-state index in [1.807, 2.05) is 66.9 Å². The van der Waals surface area contributed by atoms with Crippen LogP contribution in [0.25, 0.3) is 16.8 Å². The normalized spacial score (nSPS) is 14.7. The first-order valence-corrected chi connectivity index (χ1v) is 10.5. The van der Waals surface area contributed by atoms with Crippen molar-refractivity contribution in [2.45, 2.75) is 38.7 Å². The van der Waals surface area contributed by atoms with E-state index in [0.29, 0.717) is 17.0 Å². The van der Waals surface area contributed by atoms with Gasteiger partial charge in [-0.1, -0.05) is 48.5 Å². The lowest BCUT2D eigenvalue weighted by Gasteiger charge is -2.19. The van der Waals surface area contributed by atoms with Crippen molar-refractivity contribution in [2.24, 2.45) is 0 Å². The highest BCUT2D eigenvalue weighted by Crippen LogP contribution is 2.40. The molecule has 2 heterocycles. The predicted octanol–water partition coefficient (Wildman–Crippen LogP) is 5.28. The average Bonchev–Trinajstić information content (AvgIpc) is 3.52. The molecule has 2 N–H and O–H groups in total. The molecule has 0 amide bonds. The number of aliphatic hydroxyl groups is 1. The molecular weight excluding hydrogens is 388 g/mol. The van der Waals surface area contributed by atoms with Crippen LogP contribution in [0.2, 0.25) is 0 Å². The van der Waals surface area contributed by atoms with Crippen LogP contribution in [-0.2, 0) is 0 Å². The number of rotatable bonds is 5. The third-order valence-electron chi connectivity index (χ3n) is 6.10. The minimum atomic E-state index is -1.02. The minimum absolute atomic E-state index is 0.174. The Morgan fingerprint density at radius 1 is 1.06 bits per heavy atom. The molecule has 0 spiro atoms. The first-order valence-electron chi connectivity index (χ1n) is 10.5. The summed E-state index contributed by atoms with van der Waals surface area (Å²) in [5.74, 6) is -0.509. The predicted molar refractivity (Wildman–Crippen MR) is 120 cm³/mol. The summed E-state index contributed by atoms with van der Waals surface area (Å²) in [6.07, 6.45) is 3.38. The first-order chi connectivity index (χ1) is 14.9. The lowest BCUT2D eigenvalue weighted by Crippen LogP contribution is -2.11. The molecule has 1 saturated carbocycles. The molecule has 2 aromatic carbocycles. The van der Waals surface area contributed by atoms with Gasteiger partial charge in [-0.25, -0.2) is 9.78 Å². The SMILES string of the molecule is Cc1cc(C)c2nc(C3CC3)cn2c1C(O)c1ccc(-c2ccccc2)c(C(=O)O)c1. The van der Waals surface area contributed by atoms with Gasteiger partial charge in [-0.15, -0.1) is 0 Å². The number of carboxylic acid groups (broad SMARTS) is 1. The van der Waals surface area contributed by atoms with Crippen LogP contribution < -0.4 is 0 Å². The van der Waals surface area contributed by atoms with Crippen LogP contribution in [0.3, 0.4) is 0 Å². The minimum Gasteiger partial charge on any atom is -0.478 e. The third kappa shape index (κ3) is 3.41. The second kappa shape index (κ2) is 7.36. The fourth-order valence-corrected chi connectivity index (χ4v) is 4.37. The van der Waals surface area contributed by atoms with Gasteiger partial charge in [0.2, 0.25) is 0 Å². The third-order valence-corrected chi connectivity index (χ3v) is 6.10. The molecule has 2 aromatic heterocycles.